The highest BCUT2D eigenvalue weighted by atomic mass is 16.3. The molecule has 6 heteroatoms. The topological polar surface area (TPSA) is 98.7 Å². The fourth-order valence-electron chi connectivity index (χ4n) is 1.00. The lowest BCUT2D eigenvalue weighted by Crippen LogP contribution is -2.42. The van der Waals surface area contributed by atoms with E-state index in [2.05, 4.69) is 10.6 Å². The molecular weight excluding hydrogens is 224 g/mol. The van der Waals surface area contributed by atoms with Crippen LogP contribution in [-0.2, 0) is 9.59 Å². The zero-order chi connectivity index (χ0) is 13.5. The van der Waals surface area contributed by atoms with Crippen LogP contribution in [0.25, 0.3) is 0 Å². The number of hydrogen-bond acceptors (Lipinski definition) is 4. The summed E-state index contributed by atoms with van der Waals surface area (Å²) in [7, 11) is 0. The minimum absolute atomic E-state index is 0.119. The van der Waals surface area contributed by atoms with Gasteiger partial charge < -0.3 is 20.8 Å². The van der Waals surface area contributed by atoms with Crippen LogP contribution in [-0.4, -0.2) is 47.8 Å². The number of carbonyl (C=O) groups is 2. The van der Waals surface area contributed by atoms with E-state index in [1.807, 2.05) is 0 Å². The summed E-state index contributed by atoms with van der Waals surface area (Å²) in [5.74, 6) is -0.432. The van der Waals surface area contributed by atoms with Crippen LogP contribution in [0, 0.1) is 5.41 Å². The Hall–Kier alpha value is -1.14. The standard InChI is InChI=1S/C11H22N2O4/c1-11(2,3)10(17)12-5-4-9(16)13-8(6-14)7-15/h8,14-15H,4-7H2,1-3H3,(H,12,17)(H,13,16). The van der Waals surface area contributed by atoms with Gasteiger partial charge in [-0.2, -0.15) is 0 Å². The lowest BCUT2D eigenvalue weighted by atomic mass is 9.96. The van der Waals surface area contributed by atoms with Crippen LogP contribution in [0.3, 0.4) is 0 Å². The molecule has 0 saturated heterocycles. The van der Waals surface area contributed by atoms with E-state index in [4.69, 9.17) is 10.2 Å². The Morgan fingerprint density at radius 1 is 1.18 bits per heavy atom. The van der Waals surface area contributed by atoms with E-state index >= 15 is 0 Å². The van der Waals surface area contributed by atoms with Gasteiger partial charge >= 0.3 is 0 Å². The predicted molar refractivity (Wildman–Crippen MR) is 63.2 cm³/mol. The molecule has 2 amide bonds. The molecule has 0 unspecified atom stereocenters. The highest BCUT2D eigenvalue weighted by molar-refractivity contribution is 5.82. The second kappa shape index (κ2) is 7.24. The summed E-state index contributed by atoms with van der Waals surface area (Å²) in [6, 6.07) is -0.638. The van der Waals surface area contributed by atoms with Crippen LogP contribution >= 0.6 is 0 Å². The van der Waals surface area contributed by atoms with Crippen LogP contribution < -0.4 is 10.6 Å². The molecule has 0 aromatic carbocycles. The van der Waals surface area contributed by atoms with E-state index in [-0.39, 0.29) is 38.0 Å². The van der Waals surface area contributed by atoms with Crippen molar-refractivity contribution in [2.24, 2.45) is 5.41 Å². The highest BCUT2D eigenvalue weighted by Gasteiger charge is 2.20. The highest BCUT2D eigenvalue weighted by Crippen LogP contribution is 2.11. The van der Waals surface area contributed by atoms with Crippen molar-refractivity contribution in [2.45, 2.75) is 33.2 Å². The fourth-order valence-corrected chi connectivity index (χ4v) is 1.00. The molecule has 0 rings (SSSR count). The normalized spacial score (nSPS) is 11.4. The first kappa shape index (κ1) is 15.9. The van der Waals surface area contributed by atoms with Gasteiger partial charge in [0.05, 0.1) is 19.3 Å². The largest absolute Gasteiger partial charge is 0.394 e. The number of aliphatic hydroxyl groups is 2. The van der Waals surface area contributed by atoms with Gasteiger partial charge in [0.15, 0.2) is 0 Å². The number of amides is 2. The molecule has 0 spiro atoms. The average molecular weight is 246 g/mol. The lowest BCUT2D eigenvalue weighted by Gasteiger charge is -2.18. The number of nitrogens with one attached hydrogen (secondary N) is 2. The molecule has 0 atom stereocenters. The van der Waals surface area contributed by atoms with Gasteiger partial charge in [-0.15, -0.1) is 0 Å². The second-order valence-electron chi connectivity index (χ2n) is 4.89. The van der Waals surface area contributed by atoms with Gasteiger partial charge in [0.25, 0.3) is 0 Å². The third-order valence-corrected chi connectivity index (χ3v) is 2.12. The first-order chi connectivity index (χ1) is 7.81. The molecule has 0 aromatic rings. The monoisotopic (exact) mass is 246 g/mol. The van der Waals surface area contributed by atoms with Crippen molar-refractivity contribution >= 4 is 11.8 Å². The first-order valence-corrected chi connectivity index (χ1v) is 5.60. The summed E-state index contributed by atoms with van der Waals surface area (Å²) in [6.45, 7) is 4.99. The Morgan fingerprint density at radius 2 is 1.71 bits per heavy atom. The maximum Gasteiger partial charge on any atom is 0.225 e. The lowest BCUT2D eigenvalue weighted by molar-refractivity contribution is -0.128. The maximum absolute atomic E-state index is 11.5. The maximum atomic E-state index is 11.5. The summed E-state index contributed by atoms with van der Waals surface area (Å²) in [5, 5.41) is 22.6. The van der Waals surface area contributed by atoms with Gasteiger partial charge in [-0.25, -0.2) is 0 Å². The van der Waals surface area contributed by atoms with Crippen LogP contribution in [0.2, 0.25) is 0 Å². The minimum Gasteiger partial charge on any atom is -0.394 e. The predicted octanol–water partition coefficient (Wildman–Crippen LogP) is -0.992. The van der Waals surface area contributed by atoms with E-state index in [1.54, 1.807) is 20.8 Å². The van der Waals surface area contributed by atoms with Gasteiger partial charge in [-0.3, -0.25) is 9.59 Å². The molecule has 0 radical (unpaired) electrons. The molecular formula is C11H22N2O4. The van der Waals surface area contributed by atoms with Crippen molar-refractivity contribution in [1.82, 2.24) is 10.6 Å². The van der Waals surface area contributed by atoms with Gasteiger partial charge in [0.1, 0.15) is 0 Å². The number of rotatable bonds is 6. The van der Waals surface area contributed by atoms with Crippen LogP contribution in [0.4, 0.5) is 0 Å². The first-order valence-electron chi connectivity index (χ1n) is 5.60. The number of hydrogen-bond donors (Lipinski definition) is 4. The summed E-state index contributed by atoms with van der Waals surface area (Å²) in [4.78, 5) is 22.8. The van der Waals surface area contributed by atoms with Crippen molar-refractivity contribution in [3.8, 4) is 0 Å². The van der Waals surface area contributed by atoms with Gasteiger partial charge in [-0.05, 0) is 0 Å². The Bertz CT molecular complexity index is 257. The molecule has 0 bridgehead atoms. The smallest absolute Gasteiger partial charge is 0.225 e. The van der Waals surface area contributed by atoms with Gasteiger partial charge in [0, 0.05) is 18.4 Å². The molecule has 0 fully saturated rings. The van der Waals surface area contributed by atoms with E-state index in [1.165, 1.54) is 0 Å². The zero-order valence-corrected chi connectivity index (χ0v) is 10.6. The quantitative estimate of drug-likeness (QED) is 0.483. The minimum atomic E-state index is -0.638. The Kier molecular flexibility index (Phi) is 6.75. The molecule has 17 heavy (non-hydrogen) atoms. The average Bonchev–Trinajstić information content (AvgIpc) is 2.24. The van der Waals surface area contributed by atoms with Crippen molar-refractivity contribution in [3.05, 3.63) is 0 Å². The fraction of sp³-hybridized carbons (Fsp3) is 0.818. The van der Waals surface area contributed by atoms with E-state index in [0.717, 1.165) is 0 Å². The molecule has 0 aliphatic heterocycles. The molecule has 0 saturated carbocycles. The van der Waals surface area contributed by atoms with Crippen molar-refractivity contribution in [1.29, 1.82) is 0 Å². The van der Waals surface area contributed by atoms with Crippen LogP contribution in [0.5, 0.6) is 0 Å². The van der Waals surface area contributed by atoms with E-state index in [9.17, 15) is 9.59 Å². The summed E-state index contributed by atoms with van der Waals surface area (Å²) in [5.41, 5.74) is -0.477. The third-order valence-electron chi connectivity index (χ3n) is 2.12. The molecule has 0 aliphatic carbocycles. The molecule has 100 valence electrons. The third kappa shape index (κ3) is 6.91. The molecule has 0 aliphatic rings. The van der Waals surface area contributed by atoms with E-state index < -0.39 is 11.5 Å². The Balaban J connectivity index is 3.83. The summed E-state index contributed by atoms with van der Waals surface area (Å²) < 4.78 is 0. The molecule has 6 nitrogen and oxygen atoms in total. The van der Waals surface area contributed by atoms with E-state index in [0.29, 0.717) is 0 Å². The van der Waals surface area contributed by atoms with Crippen LogP contribution in [0.1, 0.15) is 27.2 Å². The SMILES string of the molecule is CC(C)(C)C(=O)NCCC(=O)NC(CO)CO. The number of aliphatic hydroxyl groups excluding tert-OH is 2. The summed E-state index contributed by atoms with van der Waals surface area (Å²) in [6.07, 6.45) is 0.123. The van der Waals surface area contributed by atoms with Crippen molar-refractivity contribution in [3.63, 3.8) is 0 Å². The molecule has 4 N–H and O–H groups in total. The van der Waals surface area contributed by atoms with Crippen molar-refractivity contribution < 1.29 is 19.8 Å². The van der Waals surface area contributed by atoms with Crippen LogP contribution in [0.15, 0.2) is 0 Å². The number of carbonyl (C=O) groups excluding carboxylic acids is 2. The summed E-state index contributed by atoms with van der Waals surface area (Å²) >= 11 is 0. The zero-order valence-electron chi connectivity index (χ0n) is 10.6. The molecule has 0 heterocycles. The van der Waals surface area contributed by atoms with Crippen molar-refractivity contribution in [2.75, 3.05) is 19.8 Å². The Labute approximate surface area is 101 Å². The van der Waals surface area contributed by atoms with Gasteiger partial charge in [0.2, 0.25) is 11.8 Å². The Morgan fingerprint density at radius 3 is 2.12 bits per heavy atom. The second-order valence-corrected chi connectivity index (χ2v) is 4.89. The molecule has 0 aromatic heterocycles. The van der Waals surface area contributed by atoms with Gasteiger partial charge in [-0.1, -0.05) is 20.8 Å².